The number of unbranched alkanes of at least 4 members (excludes halogenated alkanes) is 3. The minimum atomic E-state index is -2.40. The van der Waals surface area contributed by atoms with Gasteiger partial charge in [0.15, 0.2) is 0 Å². The Hall–Kier alpha value is 0.0569. The van der Waals surface area contributed by atoms with Gasteiger partial charge >= 0.3 is 8.56 Å². The summed E-state index contributed by atoms with van der Waals surface area (Å²) in [6.07, 6.45) is 6.27. The van der Waals surface area contributed by atoms with Crippen LogP contribution in [0, 0.1) is 0 Å². The summed E-state index contributed by atoms with van der Waals surface area (Å²) in [4.78, 5) is 0. The van der Waals surface area contributed by atoms with Gasteiger partial charge in [-0.3, -0.25) is 0 Å². The van der Waals surface area contributed by atoms with E-state index < -0.39 is 14.3 Å². The van der Waals surface area contributed by atoms with Crippen molar-refractivity contribution in [2.24, 2.45) is 11.5 Å². The molecule has 0 aromatic heterocycles. The highest BCUT2D eigenvalue weighted by molar-refractivity contribution is 6.67. The predicted molar refractivity (Wildman–Crippen MR) is 74.7 cm³/mol. The molecule has 104 valence electrons. The lowest BCUT2D eigenvalue weighted by molar-refractivity contribution is 0.116. The SMILES string of the molecule is CCCCCCC(C)O[Si](C)(OCC)C(N)N. The summed E-state index contributed by atoms with van der Waals surface area (Å²) in [5.74, 6) is -0.486. The van der Waals surface area contributed by atoms with E-state index in [0.29, 0.717) is 6.61 Å². The molecule has 4 N–H and O–H groups in total. The highest BCUT2D eigenvalue weighted by Gasteiger charge is 2.38. The average Bonchev–Trinajstić information content (AvgIpc) is 2.24. The maximum absolute atomic E-state index is 5.99. The lowest BCUT2D eigenvalue weighted by atomic mass is 10.1. The fourth-order valence-electron chi connectivity index (χ4n) is 1.81. The molecule has 0 bridgehead atoms. The second kappa shape index (κ2) is 9.05. The van der Waals surface area contributed by atoms with Crippen LogP contribution in [0.4, 0.5) is 0 Å². The van der Waals surface area contributed by atoms with Crippen molar-refractivity contribution in [1.29, 1.82) is 0 Å². The molecule has 0 heterocycles. The molecule has 5 heteroatoms. The van der Waals surface area contributed by atoms with Crippen molar-refractivity contribution in [3.63, 3.8) is 0 Å². The Morgan fingerprint density at radius 3 is 2.24 bits per heavy atom. The van der Waals surface area contributed by atoms with Gasteiger partial charge in [0.2, 0.25) is 0 Å². The van der Waals surface area contributed by atoms with Gasteiger partial charge in [0, 0.05) is 12.7 Å². The summed E-state index contributed by atoms with van der Waals surface area (Å²) < 4.78 is 11.6. The van der Waals surface area contributed by atoms with E-state index in [2.05, 4.69) is 13.8 Å². The van der Waals surface area contributed by atoms with Crippen molar-refractivity contribution < 1.29 is 8.85 Å². The Balaban J connectivity index is 3.99. The fraction of sp³-hybridized carbons (Fsp3) is 1.00. The van der Waals surface area contributed by atoms with Crippen LogP contribution in [0.25, 0.3) is 0 Å². The second-order valence-corrected chi connectivity index (χ2v) is 7.98. The van der Waals surface area contributed by atoms with Gasteiger partial charge in [-0.15, -0.1) is 0 Å². The Morgan fingerprint density at radius 2 is 1.76 bits per heavy atom. The minimum Gasteiger partial charge on any atom is -0.393 e. The van der Waals surface area contributed by atoms with E-state index in [-0.39, 0.29) is 6.10 Å². The summed E-state index contributed by atoms with van der Waals surface area (Å²) in [6.45, 7) is 8.80. The standard InChI is InChI=1S/C12H30N2O2Si/c1-5-7-8-9-10-11(3)16-17(4,12(13)14)15-6-2/h11-12H,5-10,13-14H2,1-4H3. The molecule has 2 atom stereocenters. The van der Waals surface area contributed by atoms with Crippen LogP contribution in [0.15, 0.2) is 0 Å². The maximum Gasteiger partial charge on any atom is 0.367 e. The van der Waals surface area contributed by atoms with Gasteiger partial charge in [-0.05, 0) is 26.8 Å². The second-order valence-electron chi connectivity index (χ2n) is 4.75. The van der Waals surface area contributed by atoms with Gasteiger partial charge in [0.05, 0.1) is 5.79 Å². The van der Waals surface area contributed by atoms with Crippen molar-refractivity contribution in [1.82, 2.24) is 0 Å². The molecule has 0 aromatic rings. The molecule has 17 heavy (non-hydrogen) atoms. The highest BCUT2D eigenvalue weighted by Crippen LogP contribution is 2.16. The molecule has 0 radical (unpaired) electrons. The van der Waals surface area contributed by atoms with Crippen LogP contribution in [0.1, 0.15) is 52.9 Å². The van der Waals surface area contributed by atoms with E-state index in [4.69, 9.17) is 20.3 Å². The van der Waals surface area contributed by atoms with Crippen LogP contribution in [0.3, 0.4) is 0 Å². The molecule has 0 aliphatic rings. The van der Waals surface area contributed by atoms with Crippen molar-refractivity contribution >= 4 is 8.56 Å². The van der Waals surface area contributed by atoms with E-state index >= 15 is 0 Å². The normalized spacial score (nSPS) is 17.1. The molecule has 0 aliphatic carbocycles. The monoisotopic (exact) mass is 262 g/mol. The van der Waals surface area contributed by atoms with Crippen LogP contribution in [-0.4, -0.2) is 27.1 Å². The molecule has 0 aliphatic heterocycles. The van der Waals surface area contributed by atoms with Crippen LogP contribution in [0.2, 0.25) is 6.55 Å². The van der Waals surface area contributed by atoms with Crippen LogP contribution >= 0.6 is 0 Å². The Bertz CT molecular complexity index is 193. The molecule has 0 saturated heterocycles. The van der Waals surface area contributed by atoms with Crippen molar-refractivity contribution in [3.8, 4) is 0 Å². The molecular formula is C12H30N2O2Si. The van der Waals surface area contributed by atoms with E-state index in [1.807, 2.05) is 13.5 Å². The number of nitrogens with two attached hydrogens (primary N) is 2. The molecule has 0 amide bonds. The summed E-state index contributed by atoms with van der Waals surface area (Å²) in [5.41, 5.74) is 11.5. The Morgan fingerprint density at radius 1 is 1.12 bits per heavy atom. The zero-order chi connectivity index (χ0) is 13.3. The van der Waals surface area contributed by atoms with Crippen LogP contribution < -0.4 is 11.5 Å². The summed E-state index contributed by atoms with van der Waals surface area (Å²) in [7, 11) is -2.40. The first kappa shape index (κ1) is 17.1. The number of hydrogen-bond acceptors (Lipinski definition) is 4. The summed E-state index contributed by atoms with van der Waals surface area (Å²) >= 11 is 0. The predicted octanol–water partition coefficient (Wildman–Crippen LogP) is 2.25. The van der Waals surface area contributed by atoms with Crippen molar-refractivity contribution in [2.45, 2.75) is 71.3 Å². The topological polar surface area (TPSA) is 70.5 Å². The molecular weight excluding hydrogens is 232 g/mol. The van der Waals surface area contributed by atoms with Gasteiger partial charge in [0.1, 0.15) is 0 Å². The molecule has 0 rings (SSSR count). The molecule has 4 nitrogen and oxygen atoms in total. The third-order valence-corrected chi connectivity index (χ3v) is 5.88. The molecule has 0 spiro atoms. The van der Waals surface area contributed by atoms with Crippen LogP contribution in [-0.2, 0) is 8.85 Å². The number of hydrogen-bond donors (Lipinski definition) is 2. The average molecular weight is 262 g/mol. The summed E-state index contributed by atoms with van der Waals surface area (Å²) in [5, 5.41) is 0. The van der Waals surface area contributed by atoms with E-state index in [0.717, 1.165) is 6.42 Å². The van der Waals surface area contributed by atoms with Gasteiger partial charge in [-0.25, -0.2) is 0 Å². The van der Waals surface area contributed by atoms with Gasteiger partial charge in [-0.2, -0.15) is 0 Å². The zero-order valence-corrected chi connectivity index (χ0v) is 12.9. The largest absolute Gasteiger partial charge is 0.393 e. The maximum atomic E-state index is 5.99. The first-order valence-corrected chi connectivity index (χ1v) is 9.18. The highest BCUT2D eigenvalue weighted by atomic mass is 28.4. The molecule has 0 fully saturated rings. The van der Waals surface area contributed by atoms with Gasteiger partial charge in [-0.1, -0.05) is 32.6 Å². The molecule has 2 unspecified atom stereocenters. The van der Waals surface area contributed by atoms with Crippen molar-refractivity contribution in [2.75, 3.05) is 6.61 Å². The third-order valence-electron chi connectivity index (χ3n) is 2.94. The molecule has 0 aromatic carbocycles. The summed E-state index contributed by atoms with van der Waals surface area (Å²) in [6, 6.07) is 0. The third kappa shape index (κ3) is 7.16. The lowest BCUT2D eigenvalue weighted by Gasteiger charge is -2.32. The van der Waals surface area contributed by atoms with Crippen LogP contribution in [0.5, 0.6) is 0 Å². The van der Waals surface area contributed by atoms with Crippen molar-refractivity contribution in [3.05, 3.63) is 0 Å². The Labute approximate surface area is 107 Å². The fourth-order valence-corrected chi connectivity index (χ4v) is 3.72. The van der Waals surface area contributed by atoms with E-state index in [1.54, 1.807) is 0 Å². The van der Waals surface area contributed by atoms with Gasteiger partial charge < -0.3 is 20.3 Å². The van der Waals surface area contributed by atoms with Gasteiger partial charge in [0.25, 0.3) is 0 Å². The lowest BCUT2D eigenvalue weighted by Crippen LogP contribution is -2.61. The first-order valence-electron chi connectivity index (χ1n) is 6.79. The quantitative estimate of drug-likeness (QED) is 0.360. The minimum absolute atomic E-state index is 0.185. The van der Waals surface area contributed by atoms with E-state index in [9.17, 15) is 0 Å². The number of rotatable bonds is 10. The zero-order valence-electron chi connectivity index (χ0n) is 11.9. The Kier molecular flexibility index (Phi) is 9.08. The smallest absolute Gasteiger partial charge is 0.367 e. The van der Waals surface area contributed by atoms with E-state index in [1.165, 1.54) is 25.7 Å². The molecule has 0 saturated carbocycles. The first-order chi connectivity index (χ1) is 7.96.